The minimum atomic E-state index is -0.197. The number of aromatic amines is 1. The average molecular weight is 281 g/mol. The number of hydrogen-bond acceptors (Lipinski definition) is 3. The molecule has 5 heteroatoms. The van der Waals surface area contributed by atoms with Crippen molar-refractivity contribution < 1.29 is 9.53 Å². The minimum absolute atomic E-state index is 0.197. The molecule has 0 bridgehead atoms. The van der Waals surface area contributed by atoms with Crippen LogP contribution >= 0.6 is 0 Å². The zero-order valence-electron chi connectivity index (χ0n) is 11.6. The van der Waals surface area contributed by atoms with Gasteiger partial charge in [0.2, 0.25) is 5.88 Å². The van der Waals surface area contributed by atoms with Gasteiger partial charge in [-0.1, -0.05) is 18.2 Å². The van der Waals surface area contributed by atoms with Crippen LogP contribution in [0.1, 0.15) is 17.4 Å². The number of carbonyl (C=O) groups is 1. The van der Waals surface area contributed by atoms with Crippen molar-refractivity contribution in [3.8, 4) is 5.88 Å². The number of para-hydroxylation sites is 1. The number of benzene rings is 1. The molecule has 2 aromatic heterocycles. The van der Waals surface area contributed by atoms with Crippen LogP contribution in [0.5, 0.6) is 5.88 Å². The summed E-state index contributed by atoms with van der Waals surface area (Å²) in [4.78, 5) is 19.4. The van der Waals surface area contributed by atoms with Crippen LogP contribution in [-0.4, -0.2) is 22.5 Å². The van der Waals surface area contributed by atoms with Crippen molar-refractivity contribution >= 4 is 22.5 Å². The molecule has 0 fully saturated rings. The van der Waals surface area contributed by atoms with E-state index in [4.69, 9.17) is 4.74 Å². The number of carbonyl (C=O) groups excluding carboxylic acids is 1. The monoisotopic (exact) mass is 281 g/mol. The standard InChI is InChI=1S/C16H15N3O2/c1-2-21-15-8-7-12(10-17-15)18-16(20)14-9-11-5-3-4-6-13(11)19-14/h3-10,19H,2H2,1H3,(H,18,20). The van der Waals surface area contributed by atoms with E-state index in [-0.39, 0.29) is 5.91 Å². The Bertz CT molecular complexity index is 730. The molecule has 0 atom stereocenters. The van der Waals surface area contributed by atoms with Crippen molar-refractivity contribution in [3.05, 3.63) is 54.4 Å². The second-order valence-electron chi connectivity index (χ2n) is 4.54. The Balaban J connectivity index is 1.76. The molecule has 5 nitrogen and oxygen atoms in total. The molecule has 0 aliphatic carbocycles. The number of nitrogens with zero attached hydrogens (tertiary/aromatic N) is 1. The van der Waals surface area contributed by atoms with Gasteiger partial charge in [-0.25, -0.2) is 4.98 Å². The van der Waals surface area contributed by atoms with E-state index in [9.17, 15) is 4.79 Å². The van der Waals surface area contributed by atoms with Crippen LogP contribution in [0.4, 0.5) is 5.69 Å². The van der Waals surface area contributed by atoms with Gasteiger partial charge in [0.25, 0.3) is 5.91 Å². The third-order valence-corrected chi connectivity index (χ3v) is 3.06. The molecule has 1 amide bonds. The number of H-pyrrole nitrogens is 1. The topological polar surface area (TPSA) is 67.0 Å². The van der Waals surface area contributed by atoms with Gasteiger partial charge in [-0.15, -0.1) is 0 Å². The predicted molar refractivity (Wildman–Crippen MR) is 81.7 cm³/mol. The lowest BCUT2D eigenvalue weighted by Crippen LogP contribution is -2.12. The molecule has 0 unspecified atom stereocenters. The van der Waals surface area contributed by atoms with Gasteiger partial charge in [-0.3, -0.25) is 4.79 Å². The van der Waals surface area contributed by atoms with Crippen LogP contribution in [0.15, 0.2) is 48.7 Å². The normalized spacial score (nSPS) is 10.5. The van der Waals surface area contributed by atoms with Crippen molar-refractivity contribution in [2.24, 2.45) is 0 Å². The summed E-state index contributed by atoms with van der Waals surface area (Å²) in [5, 5.41) is 3.81. The highest BCUT2D eigenvalue weighted by Crippen LogP contribution is 2.17. The summed E-state index contributed by atoms with van der Waals surface area (Å²) in [6.07, 6.45) is 1.57. The van der Waals surface area contributed by atoms with Crippen molar-refractivity contribution in [2.45, 2.75) is 6.92 Å². The fourth-order valence-electron chi connectivity index (χ4n) is 2.08. The molecule has 0 saturated heterocycles. The van der Waals surface area contributed by atoms with Crippen LogP contribution in [0.2, 0.25) is 0 Å². The fourth-order valence-corrected chi connectivity index (χ4v) is 2.08. The Kier molecular flexibility index (Phi) is 3.55. The number of pyridine rings is 1. The predicted octanol–water partition coefficient (Wildman–Crippen LogP) is 3.21. The van der Waals surface area contributed by atoms with Gasteiger partial charge in [-0.05, 0) is 25.1 Å². The van der Waals surface area contributed by atoms with Gasteiger partial charge in [0.1, 0.15) is 5.69 Å². The largest absolute Gasteiger partial charge is 0.478 e. The van der Waals surface area contributed by atoms with Crippen LogP contribution in [0, 0.1) is 0 Å². The van der Waals surface area contributed by atoms with Crippen molar-refractivity contribution in [3.63, 3.8) is 0 Å². The molecule has 21 heavy (non-hydrogen) atoms. The van der Waals surface area contributed by atoms with Gasteiger partial charge in [0.05, 0.1) is 18.5 Å². The summed E-state index contributed by atoms with van der Waals surface area (Å²) in [6.45, 7) is 2.46. The Hall–Kier alpha value is -2.82. The molecule has 106 valence electrons. The average Bonchev–Trinajstić information content (AvgIpc) is 2.94. The quantitative estimate of drug-likeness (QED) is 0.771. The van der Waals surface area contributed by atoms with Crippen molar-refractivity contribution in [1.29, 1.82) is 0 Å². The molecule has 1 aromatic carbocycles. The second kappa shape index (κ2) is 5.66. The highest BCUT2D eigenvalue weighted by molar-refractivity contribution is 6.05. The van der Waals surface area contributed by atoms with Gasteiger partial charge in [-0.2, -0.15) is 0 Å². The van der Waals surface area contributed by atoms with Crippen molar-refractivity contribution in [1.82, 2.24) is 9.97 Å². The summed E-state index contributed by atoms with van der Waals surface area (Å²) in [5.74, 6) is 0.346. The number of aromatic nitrogens is 2. The van der Waals surface area contributed by atoms with E-state index in [2.05, 4.69) is 15.3 Å². The maximum absolute atomic E-state index is 12.2. The molecule has 0 saturated carbocycles. The highest BCUT2D eigenvalue weighted by atomic mass is 16.5. The third-order valence-electron chi connectivity index (χ3n) is 3.06. The van der Waals surface area contributed by atoms with Crippen molar-refractivity contribution in [2.75, 3.05) is 11.9 Å². The highest BCUT2D eigenvalue weighted by Gasteiger charge is 2.09. The van der Waals surface area contributed by atoms with Gasteiger partial charge < -0.3 is 15.0 Å². The number of fused-ring (bicyclic) bond motifs is 1. The number of ether oxygens (including phenoxy) is 1. The maximum Gasteiger partial charge on any atom is 0.272 e. The number of hydrogen-bond donors (Lipinski definition) is 2. The Labute approximate surface area is 122 Å². The molecule has 0 aliphatic heterocycles. The summed E-state index contributed by atoms with van der Waals surface area (Å²) in [5.41, 5.74) is 2.08. The molecule has 0 radical (unpaired) electrons. The molecular weight excluding hydrogens is 266 g/mol. The van der Waals surface area contributed by atoms with Gasteiger partial charge in [0.15, 0.2) is 0 Å². The fraction of sp³-hybridized carbons (Fsp3) is 0.125. The van der Waals surface area contributed by atoms with E-state index in [1.807, 2.05) is 37.3 Å². The minimum Gasteiger partial charge on any atom is -0.478 e. The first-order valence-corrected chi connectivity index (χ1v) is 6.74. The Morgan fingerprint density at radius 1 is 1.29 bits per heavy atom. The number of anilines is 1. The molecule has 0 spiro atoms. The third kappa shape index (κ3) is 2.86. The molecule has 3 aromatic rings. The Morgan fingerprint density at radius 2 is 2.14 bits per heavy atom. The lowest BCUT2D eigenvalue weighted by atomic mass is 10.2. The van der Waals surface area contributed by atoms with E-state index in [0.29, 0.717) is 23.9 Å². The van der Waals surface area contributed by atoms with E-state index < -0.39 is 0 Å². The first-order chi connectivity index (χ1) is 10.3. The van der Waals surface area contributed by atoms with E-state index in [1.165, 1.54) is 0 Å². The number of nitrogens with one attached hydrogen (secondary N) is 2. The number of rotatable bonds is 4. The molecule has 2 N–H and O–H groups in total. The first-order valence-electron chi connectivity index (χ1n) is 6.74. The van der Waals surface area contributed by atoms with E-state index >= 15 is 0 Å². The van der Waals surface area contributed by atoms with E-state index in [1.54, 1.807) is 18.3 Å². The maximum atomic E-state index is 12.2. The second-order valence-corrected chi connectivity index (χ2v) is 4.54. The molecule has 0 aliphatic rings. The van der Waals surface area contributed by atoms with Gasteiger partial charge in [0, 0.05) is 17.0 Å². The van der Waals surface area contributed by atoms with E-state index in [0.717, 1.165) is 10.9 Å². The molecular formula is C16H15N3O2. The van der Waals surface area contributed by atoms with Crippen LogP contribution in [0.25, 0.3) is 10.9 Å². The Morgan fingerprint density at radius 3 is 2.86 bits per heavy atom. The lowest BCUT2D eigenvalue weighted by molar-refractivity contribution is 0.102. The lowest BCUT2D eigenvalue weighted by Gasteiger charge is -2.05. The summed E-state index contributed by atoms with van der Waals surface area (Å²) in [6, 6.07) is 13.1. The van der Waals surface area contributed by atoms with Gasteiger partial charge >= 0.3 is 0 Å². The zero-order valence-corrected chi connectivity index (χ0v) is 11.6. The molecule has 3 rings (SSSR count). The smallest absolute Gasteiger partial charge is 0.272 e. The SMILES string of the molecule is CCOc1ccc(NC(=O)c2cc3ccccc3[nH]2)cn1. The van der Waals surface area contributed by atoms with Crippen LogP contribution in [0.3, 0.4) is 0 Å². The van der Waals surface area contributed by atoms with Crippen LogP contribution in [-0.2, 0) is 0 Å². The zero-order chi connectivity index (χ0) is 14.7. The summed E-state index contributed by atoms with van der Waals surface area (Å²) in [7, 11) is 0. The number of amides is 1. The summed E-state index contributed by atoms with van der Waals surface area (Å²) < 4.78 is 5.26. The van der Waals surface area contributed by atoms with Crippen LogP contribution < -0.4 is 10.1 Å². The molecule has 2 heterocycles. The first kappa shape index (κ1) is 13.2. The summed E-state index contributed by atoms with van der Waals surface area (Å²) >= 11 is 0.